The number of hydrogen-bond donors (Lipinski definition) is 16. The van der Waals surface area contributed by atoms with Crippen molar-refractivity contribution in [2.24, 2.45) is 0 Å². The second-order valence-corrected chi connectivity index (χ2v) is 39.5. The van der Waals surface area contributed by atoms with E-state index >= 15 is 0 Å². The molecule has 30 heterocycles. The summed E-state index contributed by atoms with van der Waals surface area (Å²) in [5.74, 6) is -15.4. The van der Waals surface area contributed by atoms with Gasteiger partial charge >= 0.3 is 236 Å². The number of hydrogen-bond acceptors (Lipinski definition) is 56. The molecule has 0 aromatic rings. The Morgan fingerprint density at radius 1 is 0.199 bits per heavy atom. The molecule has 30 saturated heterocycles. The van der Waals surface area contributed by atoms with E-state index in [9.17, 15) is 156 Å². The van der Waals surface area contributed by atoms with Gasteiger partial charge < -0.3 is 237 Å². The van der Waals surface area contributed by atoms with Crippen molar-refractivity contribution < 1.29 is 474 Å². The van der Waals surface area contributed by atoms with Gasteiger partial charge in [-0.15, -0.1) is 6.42 Å². The maximum Gasteiger partial charge on any atom is 1.00 e. The van der Waals surface area contributed by atoms with E-state index in [1.807, 2.05) is 0 Å². The van der Waals surface area contributed by atoms with Gasteiger partial charge in [-0.3, -0.25) is 6.29 Å². The largest absolute Gasteiger partial charge is 1.00 e. The minimum absolute atomic E-state index is 0. The van der Waals surface area contributed by atoms with Crippen LogP contribution in [0.25, 0.3) is 0 Å². The predicted octanol–water partition coefficient (Wildman–Crippen LogP) is -41.1. The van der Waals surface area contributed by atoms with E-state index in [1.54, 1.807) is 6.29 Å². The quantitative estimate of drug-likeness (QED) is 0.0154. The zero-order chi connectivity index (χ0) is 92.8. The predicted molar refractivity (Wildman–Crippen MR) is 423 cm³/mol. The molecule has 40 atom stereocenters. The Kier molecular flexibility index (Phi) is 74.3. The standard InChI is InChI=1S/C72H111O47S8.8Na.H2O/c73-9-1-10-120-18-26-57-41(88)49(96)65(104-26)113-58-27(19-121-11-2-34(74)75)106-67(51(98)43(58)90)115-60-29(21-123-13-4-36(78)79)108-69(53(100)45(60)92)117-62-31(23-125-15-6-38(82)83)110-71(55(102)47(62)94)119-64-33(25-127-17-8-40(86)87)111-72(56(103)48(64)95)118-63-32(24-126-16-7-39(84)85)109-70(54(101)46(63)93)116-61-30(22-124-14-5-37(80)81)107-68(52(99)44(61)91)114-59-28(20-122-12-3-35(76)77)105-66(112-57)50(97)42(59)89;;;;;;;;;/h26-33,41-72,88-103H,1-8,10-25H2,(H,74,75)(H,76,77)(H,78,79)(H,80,81)(H,82,83)(H,84,85)(H,86,87);;;;;;;;;1H2/q-1;8*+1;/p-8/t26-,27-,28-,29-,30-,31-,32-,33-,41-,42-,43-,44-,45-,46-,47-,48-,49-,50-,51-,52-,53-,54-,55-,56-,57-,58-,59-,60-,61-,62-,63-,64-,65-,66-,67-,68-,69-,70-,71-,72-;;;;;;;;;/m1........./s1. The van der Waals surface area contributed by atoms with Crippen LogP contribution in [0.3, 0.4) is 0 Å². The number of rotatable bonds is 40. The Hall–Kier alpha value is 5.44. The number of aliphatic hydroxyl groups excluding tert-OH is 16. The summed E-state index contributed by atoms with van der Waals surface area (Å²) in [5, 5.41) is 276. The number of carboxylic acid groups (broad SMARTS) is 7. The molecule has 0 unspecified atom stereocenters. The molecule has 136 heavy (non-hydrogen) atoms. The van der Waals surface area contributed by atoms with Gasteiger partial charge in [-0.25, -0.2) is 0 Å². The Balaban J connectivity index is 0.0000202. The Bertz CT molecular complexity index is 3280. The van der Waals surface area contributed by atoms with Gasteiger partial charge in [0.1, 0.15) is 146 Å². The summed E-state index contributed by atoms with van der Waals surface area (Å²) in [6, 6.07) is 0. The third kappa shape index (κ3) is 41.9. The molecule has 64 heteroatoms. The first-order valence-corrected chi connectivity index (χ1v) is 49.4. The van der Waals surface area contributed by atoms with Crippen LogP contribution in [0.4, 0.5) is 0 Å². The molecule has 30 aliphatic rings. The van der Waals surface area contributed by atoms with Gasteiger partial charge in [0.15, 0.2) is 50.3 Å². The van der Waals surface area contributed by atoms with Crippen molar-refractivity contribution in [3.8, 4) is 0 Å². The van der Waals surface area contributed by atoms with E-state index in [4.69, 9.17) is 75.8 Å². The van der Waals surface area contributed by atoms with Gasteiger partial charge in [0.05, 0.1) is 48.8 Å². The molecule has 17 N–H and O–H groups in total. The molecule has 0 aromatic carbocycles. The summed E-state index contributed by atoms with van der Waals surface area (Å²) in [4.78, 5) is 93.1. The van der Waals surface area contributed by atoms with Gasteiger partial charge in [-0.1, -0.05) is 0 Å². The minimum atomic E-state index is -2.36. The fraction of sp³-hybridized carbons (Fsp3) is 0.889. The molecular weight excluding hydrogens is 2070 g/mol. The van der Waals surface area contributed by atoms with Crippen LogP contribution in [-0.4, -0.2) is 473 Å². The molecule has 0 saturated carbocycles. The number of carboxylic acids is 7. The molecule has 16 bridgehead atoms. The van der Waals surface area contributed by atoms with E-state index in [0.29, 0.717) is 0 Å². The van der Waals surface area contributed by atoms with E-state index in [-0.39, 0.29) is 300 Å². The van der Waals surface area contributed by atoms with E-state index in [1.165, 1.54) is 0 Å². The van der Waals surface area contributed by atoms with Gasteiger partial charge in [-0.2, -0.15) is 94.1 Å². The Labute approximate surface area is 991 Å². The molecule has 738 valence electrons. The maximum atomic E-state index is 12.2. The topological polar surface area (TPSA) is 799 Å². The molecule has 0 amide bonds. The maximum absolute atomic E-state index is 12.2. The number of thioether (sulfide) groups is 8. The van der Waals surface area contributed by atoms with Crippen LogP contribution in [0.2, 0.25) is 0 Å². The van der Waals surface area contributed by atoms with Crippen molar-refractivity contribution in [1.29, 1.82) is 0 Å². The zero-order valence-corrected chi connectivity index (χ0v) is 98.1. The third-order valence-electron chi connectivity index (χ3n) is 21.2. The van der Waals surface area contributed by atoms with Crippen LogP contribution in [0.15, 0.2) is 0 Å². The van der Waals surface area contributed by atoms with Gasteiger partial charge in [0, 0.05) is 87.8 Å². The normalized spacial score (nSPS) is 39.0. The fourth-order valence-corrected chi connectivity index (χ4v) is 22.3. The molecule has 0 aromatic heterocycles. The van der Waals surface area contributed by atoms with E-state index in [0.717, 1.165) is 94.1 Å². The monoisotopic (exact) mass is 2180 g/mol. The van der Waals surface area contributed by atoms with Crippen molar-refractivity contribution in [1.82, 2.24) is 0 Å². The summed E-state index contributed by atoms with van der Waals surface area (Å²) in [5.41, 5.74) is 0. The molecule has 0 radical (unpaired) electrons. The number of ether oxygens (including phenoxy) is 16. The van der Waals surface area contributed by atoms with Crippen molar-refractivity contribution >= 4 is 142 Å². The molecule has 30 rings (SSSR count). The minimum Gasteiger partial charge on any atom is -0.870 e. The van der Waals surface area contributed by atoms with Crippen LogP contribution >= 0.6 is 94.1 Å². The third-order valence-corrected chi connectivity index (χ3v) is 29.7. The molecule has 0 aliphatic carbocycles. The van der Waals surface area contributed by atoms with Crippen molar-refractivity contribution in [2.75, 3.05) is 92.0 Å². The first kappa shape index (κ1) is 141. The van der Waals surface area contributed by atoms with Crippen LogP contribution in [0, 0.1) is 0 Å². The van der Waals surface area contributed by atoms with Crippen molar-refractivity contribution in [2.45, 2.75) is 297 Å². The van der Waals surface area contributed by atoms with E-state index in [2.05, 4.69) is 0 Å². The van der Waals surface area contributed by atoms with Crippen LogP contribution in [0.1, 0.15) is 51.4 Å². The summed E-state index contributed by atoms with van der Waals surface area (Å²) in [6.07, 6.45) is -85.4. The van der Waals surface area contributed by atoms with Crippen LogP contribution in [-0.2, 0) is 114 Å². The first-order chi connectivity index (χ1) is 60.4. The van der Waals surface area contributed by atoms with E-state index < -0.39 is 373 Å². The Morgan fingerprint density at radius 3 is 0.412 bits per heavy atom. The molecule has 30 fully saturated rings. The second-order valence-electron chi connectivity index (χ2n) is 30.3. The molecule has 0 spiro atoms. The zero-order valence-electron chi connectivity index (χ0n) is 75.6. The second kappa shape index (κ2) is 71.5. The van der Waals surface area contributed by atoms with Gasteiger partial charge in [0.2, 0.25) is 0 Å². The van der Waals surface area contributed by atoms with Crippen molar-refractivity contribution in [3.63, 3.8) is 0 Å². The number of aliphatic hydroxyl groups is 16. The number of carbonyl (C=O) groups excluding carboxylic acids is 8. The molecular formula is C72H105Na8O48S8-. The van der Waals surface area contributed by atoms with Crippen LogP contribution < -0.4 is 272 Å². The Morgan fingerprint density at radius 2 is 0.309 bits per heavy atom. The molecule has 30 aliphatic heterocycles. The average molecular weight is 2180 g/mol. The van der Waals surface area contributed by atoms with Crippen LogP contribution in [0.5, 0.6) is 0 Å². The number of carbonyl (C=O) groups is 7. The molecule has 48 nitrogen and oxygen atoms in total. The fourth-order valence-electron chi connectivity index (χ4n) is 14.6. The first-order valence-electron chi connectivity index (χ1n) is 40.1. The summed E-state index contributed by atoms with van der Waals surface area (Å²) in [7, 11) is 0. The van der Waals surface area contributed by atoms with Gasteiger partial charge in [-0.05, 0) is 91.0 Å². The smallest absolute Gasteiger partial charge is 0.870 e. The number of aliphatic carboxylic acids is 7. The summed E-state index contributed by atoms with van der Waals surface area (Å²) >= 11 is 6.79. The van der Waals surface area contributed by atoms with Gasteiger partial charge in [0.25, 0.3) is 0 Å². The summed E-state index contributed by atoms with van der Waals surface area (Å²) < 4.78 is 99.8. The SMILES string of the molecule is O=[C-]CCSC[C@H]1O[C@@H]2O[C@H]3[C@H](O)[C@@H](O)[C@@H](O[C@H]4[C@H](O)[C@@H](O)[C@@H](O[C@H]5[C@H](O)[C@@H](O)[C@@H](O[C@H]6[C@H](O)[C@@H](O)[C@@H](O[C@H]7[C@H](O)[C@@H](O)[C@@H](O[C@H]8[C@H](O)[C@@H](O)[C@@H](O[C@H]9[C@H](O)[C@@H](O)[C@@H](O[C@H]1[C@H](O)[C@H]2O)O[C@@H]9CSCCC(=O)[O-])O[C@@H]8CSCCC(=O)[O-])O[C@@H]7CSCCC(=O)[O-])O[C@@H]6CSCCC(=O)[O-])O[C@@H]5CSCCC(=O)[O-])O[C@@H]4CSCCC(=O)[O-])O[C@@H]3CSCCC(=O)[O-].[Na+].[Na+].[Na+].[Na+].[Na+].[Na+].[Na+].[Na+].[OH-]. The summed E-state index contributed by atoms with van der Waals surface area (Å²) in [6.45, 7) is 0. The average Bonchev–Trinajstić information content (AvgIpc) is 0.771. The van der Waals surface area contributed by atoms with Crippen molar-refractivity contribution in [3.05, 3.63) is 0 Å².